The molecule has 7 nitrogen and oxygen atoms in total. The molecule has 0 bridgehead atoms. The van der Waals surface area contributed by atoms with E-state index in [0.717, 1.165) is 75.6 Å². The second kappa shape index (κ2) is 11.1. The number of hydrogen-bond donors (Lipinski definition) is 1. The third-order valence-corrected chi connectivity index (χ3v) is 5.94. The number of hydrogen-bond acceptors (Lipinski definition) is 6. The quantitative estimate of drug-likeness (QED) is 0.406. The van der Waals surface area contributed by atoms with Gasteiger partial charge < -0.3 is 20.0 Å². The van der Waals surface area contributed by atoms with Crippen LogP contribution >= 0.6 is 11.5 Å². The van der Waals surface area contributed by atoms with Gasteiger partial charge in [-0.2, -0.15) is 4.37 Å². The van der Waals surface area contributed by atoms with Crippen molar-refractivity contribution >= 4 is 22.6 Å². The van der Waals surface area contributed by atoms with Crippen LogP contribution in [0.15, 0.2) is 35.3 Å². The number of aryl methyl sites for hydroxylation is 1. The maximum absolute atomic E-state index is 4.61. The van der Waals surface area contributed by atoms with Crippen molar-refractivity contribution in [1.29, 1.82) is 0 Å². The van der Waals surface area contributed by atoms with E-state index < -0.39 is 0 Å². The molecule has 0 unspecified atom stereocenters. The molecule has 1 aromatic carbocycles. The fourth-order valence-electron chi connectivity index (χ4n) is 3.48. The van der Waals surface area contributed by atoms with E-state index in [1.54, 1.807) is 0 Å². The van der Waals surface area contributed by atoms with Crippen molar-refractivity contribution in [1.82, 2.24) is 24.5 Å². The average Bonchev–Trinajstić information content (AvgIpc) is 3.24. The van der Waals surface area contributed by atoms with E-state index >= 15 is 0 Å². The van der Waals surface area contributed by atoms with Crippen molar-refractivity contribution in [3.05, 3.63) is 41.7 Å². The Labute approximate surface area is 178 Å². The lowest BCUT2D eigenvalue weighted by molar-refractivity contribution is 0.320. The largest absolute Gasteiger partial charge is 0.356 e. The second-order valence-electron chi connectivity index (χ2n) is 7.37. The Morgan fingerprint density at radius 3 is 2.62 bits per heavy atom. The summed E-state index contributed by atoms with van der Waals surface area (Å²) in [7, 11) is 4.05. The van der Waals surface area contributed by atoms with E-state index in [2.05, 4.69) is 78.7 Å². The molecule has 0 aliphatic carbocycles. The second-order valence-corrected chi connectivity index (χ2v) is 8.10. The number of rotatable bonds is 8. The monoisotopic (exact) mass is 415 g/mol. The minimum atomic E-state index is 0.896. The van der Waals surface area contributed by atoms with Crippen LogP contribution in [0.2, 0.25) is 0 Å². The van der Waals surface area contributed by atoms with Gasteiger partial charge in [-0.25, -0.2) is 4.98 Å². The minimum Gasteiger partial charge on any atom is -0.356 e. The van der Waals surface area contributed by atoms with Gasteiger partial charge in [0.1, 0.15) is 5.82 Å². The molecule has 1 aliphatic rings. The van der Waals surface area contributed by atoms with Crippen LogP contribution in [0.4, 0.5) is 5.13 Å². The van der Waals surface area contributed by atoms with Crippen molar-refractivity contribution < 1.29 is 0 Å². The summed E-state index contributed by atoms with van der Waals surface area (Å²) >= 11 is 1.51. The Balaban J connectivity index is 1.36. The van der Waals surface area contributed by atoms with Gasteiger partial charge in [0, 0.05) is 64.3 Å². The van der Waals surface area contributed by atoms with Gasteiger partial charge in [-0.15, -0.1) is 0 Å². The smallest absolute Gasteiger partial charge is 0.205 e. The van der Waals surface area contributed by atoms with Crippen molar-refractivity contribution in [3.8, 4) is 0 Å². The molecule has 2 heterocycles. The van der Waals surface area contributed by atoms with E-state index in [1.807, 2.05) is 7.05 Å². The van der Waals surface area contributed by atoms with Gasteiger partial charge in [0.05, 0.1) is 0 Å². The summed E-state index contributed by atoms with van der Waals surface area (Å²) in [5.41, 5.74) is 1.36. The minimum absolute atomic E-state index is 0.896. The number of anilines is 1. The number of benzene rings is 1. The average molecular weight is 416 g/mol. The maximum Gasteiger partial charge on any atom is 0.205 e. The fraction of sp³-hybridized carbons (Fsp3) is 0.571. The van der Waals surface area contributed by atoms with E-state index in [9.17, 15) is 0 Å². The third kappa shape index (κ3) is 6.40. The molecule has 0 saturated carbocycles. The number of guanidine groups is 1. The zero-order chi connectivity index (χ0) is 20.5. The highest BCUT2D eigenvalue weighted by atomic mass is 32.1. The molecule has 1 aliphatic heterocycles. The Morgan fingerprint density at radius 2 is 1.97 bits per heavy atom. The maximum atomic E-state index is 4.61. The molecule has 8 heteroatoms. The SMILES string of the molecule is CCc1nsc(N2CCN(C(=NC)NCCCN(C)Cc3ccccc3)CC2)n1. The van der Waals surface area contributed by atoms with Crippen LogP contribution in [-0.4, -0.2) is 78.5 Å². The summed E-state index contributed by atoms with van der Waals surface area (Å²) < 4.78 is 4.41. The number of nitrogens with zero attached hydrogens (tertiary/aromatic N) is 6. The standard InChI is InChI=1S/C21H33N7S/c1-4-19-24-21(29-25-19)28-15-13-27(14-16-28)20(22-2)23-11-8-12-26(3)17-18-9-6-5-7-10-18/h5-7,9-10H,4,8,11-17H2,1-3H3,(H,22,23). The molecule has 158 valence electrons. The van der Waals surface area contributed by atoms with Gasteiger partial charge in [0.2, 0.25) is 5.13 Å². The molecule has 29 heavy (non-hydrogen) atoms. The van der Waals surface area contributed by atoms with Crippen LogP contribution in [0.5, 0.6) is 0 Å². The van der Waals surface area contributed by atoms with Gasteiger partial charge in [0.15, 0.2) is 5.96 Å². The summed E-state index contributed by atoms with van der Waals surface area (Å²) in [6.07, 6.45) is 1.99. The van der Waals surface area contributed by atoms with Crippen molar-refractivity contribution in [2.45, 2.75) is 26.3 Å². The molecule has 0 amide bonds. The molecule has 1 saturated heterocycles. The highest BCUT2D eigenvalue weighted by Gasteiger charge is 2.21. The predicted molar refractivity (Wildman–Crippen MR) is 122 cm³/mol. The van der Waals surface area contributed by atoms with Crippen molar-refractivity contribution in [2.24, 2.45) is 4.99 Å². The van der Waals surface area contributed by atoms with Gasteiger partial charge in [-0.3, -0.25) is 4.99 Å². The van der Waals surface area contributed by atoms with Gasteiger partial charge in [-0.05, 0) is 25.6 Å². The first-order valence-electron chi connectivity index (χ1n) is 10.4. The van der Waals surface area contributed by atoms with E-state index in [0.29, 0.717) is 0 Å². The van der Waals surface area contributed by atoms with E-state index in [4.69, 9.17) is 0 Å². The number of aliphatic imine (C=N–C) groups is 1. The lowest BCUT2D eigenvalue weighted by Gasteiger charge is -2.36. The molecule has 1 fully saturated rings. The van der Waals surface area contributed by atoms with Gasteiger partial charge >= 0.3 is 0 Å². The fourth-order valence-corrected chi connectivity index (χ4v) is 4.28. The first-order valence-corrected chi connectivity index (χ1v) is 11.2. The Hall–Kier alpha value is -2.19. The Bertz CT molecular complexity index is 753. The molecule has 3 rings (SSSR count). The Morgan fingerprint density at radius 1 is 1.21 bits per heavy atom. The van der Waals surface area contributed by atoms with Gasteiger partial charge in [-0.1, -0.05) is 37.3 Å². The Kier molecular flexibility index (Phi) is 8.25. The first-order chi connectivity index (χ1) is 14.2. The first kappa shape index (κ1) is 21.5. The molecule has 1 N–H and O–H groups in total. The molecule has 0 spiro atoms. The third-order valence-electron chi connectivity index (χ3n) is 5.13. The highest BCUT2D eigenvalue weighted by molar-refractivity contribution is 7.09. The van der Waals surface area contributed by atoms with Crippen LogP contribution in [0.3, 0.4) is 0 Å². The van der Waals surface area contributed by atoms with E-state index in [1.165, 1.54) is 17.1 Å². The topological polar surface area (TPSA) is 59.9 Å². The summed E-state index contributed by atoms with van der Waals surface area (Å²) in [4.78, 5) is 16.1. The van der Waals surface area contributed by atoms with E-state index in [-0.39, 0.29) is 0 Å². The van der Waals surface area contributed by atoms with Crippen LogP contribution < -0.4 is 10.2 Å². The summed E-state index contributed by atoms with van der Waals surface area (Å²) in [6, 6.07) is 10.6. The zero-order valence-electron chi connectivity index (χ0n) is 17.8. The predicted octanol–water partition coefficient (Wildman–Crippen LogP) is 2.32. The normalized spacial score (nSPS) is 15.2. The molecule has 2 aromatic rings. The summed E-state index contributed by atoms with van der Waals surface area (Å²) in [5.74, 6) is 1.95. The van der Waals surface area contributed by atoms with Crippen LogP contribution in [0.25, 0.3) is 0 Å². The lowest BCUT2D eigenvalue weighted by atomic mass is 10.2. The highest BCUT2D eigenvalue weighted by Crippen LogP contribution is 2.19. The number of piperazine rings is 1. The van der Waals surface area contributed by atoms with Crippen LogP contribution in [0.1, 0.15) is 24.7 Å². The van der Waals surface area contributed by atoms with Crippen molar-refractivity contribution in [2.75, 3.05) is 58.3 Å². The molecular formula is C21H33N7S. The number of aromatic nitrogens is 2. The lowest BCUT2D eigenvalue weighted by Crippen LogP contribution is -2.52. The molecule has 1 aromatic heterocycles. The molecular weight excluding hydrogens is 382 g/mol. The summed E-state index contributed by atoms with van der Waals surface area (Å²) in [5, 5.41) is 4.58. The summed E-state index contributed by atoms with van der Waals surface area (Å²) in [6.45, 7) is 8.90. The van der Waals surface area contributed by atoms with Crippen molar-refractivity contribution in [3.63, 3.8) is 0 Å². The molecule has 0 atom stereocenters. The van der Waals surface area contributed by atoms with Gasteiger partial charge in [0.25, 0.3) is 0 Å². The molecule has 0 radical (unpaired) electrons. The van der Waals surface area contributed by atoms with Crippen LogP contribution in [0, 0.1) is 0 Å². The zero-order valence-corrected chi connectivity index (χ0v) is 18.7. The van der Waals surface area contributed by atoms with Crippen LogP contribution in [-0.2, 0) is 13.0 Å². The number of nitrogens with one attached hydrogen (secondary N) is 1.